The number of amides is 5. The van der Waals surface area contributed by atoms with E-state index in [4.69, 9.17) is 37.3 Å². The Morgan fingerprint density at radius 3 is 1.80 bits per heavy atom. The molecule has 2 unspecified atom stereocenters. The summed E-state index contributed by atoms with van der Waals surface area (Å²) in [5.41, 5.74) is 4.11. The first-order valence-corrected chi connectivity index (χ1v) is 38.9. The second-order valence-corrected chi connectivity index (χ2v) is 39.0. The lowest BCUT2D eigenvalue weighted by atomic mass is 9.91. The maximum Gasteiger partial charge on any atom is 0.416 e. The lowest BCUT2D eigenvalue weighted by Gasteiger charge is -2.44. The van der Waals surface area contributed by atoms with Crippen molar-refractivity contribution in [2.24, 2.45) is 17.3 Å². The molecule has 3 aromatic rings. The molecule has 4 aliphatic heterocycles. The number of carbonyl (C=O) groups excluding carboxylic acids is 7. The van der Waals surface area contributed by atoms with Gasteiger partial charge >= 0.3 is 18.2 Å². The van der Waals surface area contributed by atoms with Gasteiger partial charge in [-0.05, 0) is 135 Å². The molecule has 5 amide bonds. The van der Waals surface area contributed by atoms with Crippen molar-refractivity contribution in [1.29, 1.82) is 0 Å². The normalized spacial score (nSPS) is 19.9. The van der Waals surface area contributed by atoms with Gasteiger partial charge in [0.15, 0.2) is 46.4 Å². The van der Waals surface area contributed by atoms with Crippen molar-refractivity contribution in [1.82, 2.24) is 15.1 Å². The first-order chi connectivity index (χ1) is 44.1. The van der Waals surface area contributed by atoms with E-state index in [0.29, 0.717) is 91.4 Å². The van der Waals surface area contributed by atoms with E-state index >= 15 is 9.59 Å². The van der Waals surface area contributed by atoms with Crippen molar-refractivity contribution in [3.8, 4) is 17.2 Å². The first-order valence-electron chi connectivity index (χ1n) is 33.1. The number of anilines is 2. The van der Waals surface area contributed by atoms with Gasteiger partial charge in [-0.3, -0.25) is 24.0 Å². The third-order valence-corrected chi connectivity index (χ3v) is 28.9. The molecule has 5 aliphatic rings. The number of methoxy groups -OCH3 is 1. The van der Waals surface area contributed by atoms with Crippen LogP contribution in [0.4, 0.5) is 21.0 Å². The minimum absolute atomic E-state index is 0.0264. The summed E-state index contributed by atoms with van der Waals surface area (Å²) < 4.78 is 50.4. The average Bonchev–Trinajstić information content (AvgIpc) is 1.56. The number of benzene rings is 3. The SMILES string of the molecule is C=CCOC(=O)C[C@H](C(=O)N[C@@H](C)C(=O)Cc1ccc(COC(=O)N2c3cc(OCCCCCOc4cc5c(cc4OC)C(=O)N4CC(=C)C[C@H]4C(O[Si](C)(C)C(C)(C)C)N5C(=O)OCC=C)c(C)cc3C(=O)N3CC4(CC4)C[C@H]3C2O[Si](C)(C)C(C)(C)C)cc1)C(C)C. The van der Waals surface area contributed by atoms with Gasteiger partial charge in [0.05, 0.1) is 73.3 Å². The zero-order valence-corrected chi connectivity index (χ0v) is 60.2. The summed E-state index contributed by atoms with van der Waals surface area (Å²) in [6, 6.07) is 12.2. The van der Waals surface area contributed by atoms with Gasteiger partial charge in [-0.25, -0.2) is 19.4 Å². The van der Waals surface area contributed by atoms with Crippen LogP contribution >= 0.6 is 0 Å². The number of hydrogen-bond acceptors (Lipinski definition) is 15. The minimum Gasteiger partial charge on any atom is -0.493 e. The van der Waals surface area contributed by atoms with E-state index in [1.165, 1.54) is 24.2 Å². The number of hydrogen-bond donors (Lipinski definition) is 1. The number of rotatable bonds is 27. The van der Waals surface area contributed by atoms with E-state index in [9.17, 15) is 24.0 Å². The zero-order valence-electron chi connectivity index (χ0n) is 58.2. The molecular weight excluding hydrogens is 1230 g/mol. The molecule has 0 radical (unpaired) electrons. The Bertz CT molecular complexity index is 3370. The summed E-state index contributed by atoms with van der Waals surface area (Å²) in [5.74, 6) is -1.32. The molecule has 0 bridgehead atoms. The molecule has 1 saturated carbocycles. The Kier molecular flexibility index (Phi) is 22.7. The maximum atomic E-state index is 15.2. The van der Waals surface area contributed by atoms with Crippen LogP contribution in [0.3, 0.4) is 0 Å². The summed E-state index contributed by atoms with van der Waals surface area (Å²) in [5, 5.41) is 2.30. The van der Waals surface area contributed by atoms with E-state index < -0.39 is 77.2 Å². The topological polar surface area (TPSA) is 218 Å². The predicted octanol–water partition coefficient (Wildman–Crippen LogP) is 13.4. The van der Waals surface area contributed by atoms with Crippen LogP contribution in [-0.2, 0) is 50.5 Å². The monoisotopic (exact) mass is 1330 g/mol. The average molecular weight is 1330 g/mol. The van der Waals surface area contributed by atoms with Crippen molar-refractivity contribution in [3.63, 3.8) is 0 Å². The Morgan fingerprint density at radius 1 is 0.702 bits per heavy atom. The van der Waals surface area contributed by atoms with Gasteiger partial charge in [0, 0.05) is 31.6 Å². The molecule has 1 N–H and O–H groups in total. The molecule has 20 nitrogen and oxygen atoms in total. The minimum atomic E-state index is -2.67. The number of unbranched alkanes of at least 4 members (excludes halogenated alkanes) is 2. The smallest absolute Gasteiger partial charge is 0.416 e. The lowest BCUT2D eigenvalue weighted by Crippen LogP contribution is -2.58. The number of carbonyl (C=O) groups is 7. The highest BCUT2D eigenvalue weighted by Crippen LogP contribution is 2.58. The van der Waals surface area contributed by atoms with Gasteiger partial charge in [-0.2, -0.15) is 0 Å². The molecule has 1 spiro atoms. The van der Waals surface area contributed by atoms with Crippen molar-refractivity contribution < 1.29 is 70.8 Å². The van der Waals surface area contributed by atoms with Crippen LogP contribution in [0, 0.1) is 24.2 Å². The van der Waals surface area contributed by atoms with Gasteiger partial charge in [0.25, 0.3) is 11.8 Å². The largest absolute Gasteiger partial charge is 0.493 e. The van der Waals surface area contributed by atoms with Crippen LogP contribution < -0.4 is 29.3 Å². The number of esters is 1. The quantitative estimate of drug-likeness (QED) is 0.0247. The molecule has 4 heterocycles. The number of fused-ring (bicyclic) bond motifs is 4. The van der Waals surface area contributed by atoms with Crippen LogP contribution in [-0.4, -0.2) is 145 Å². The summed E-state index contributed by atoms with van der Waals surface area (Å²) in [6.45, 7) is 41.4. The number of nitrogens with zero attached hydrogens (tertiary/aromatic N) is 4. The fourth-order valence-electron chi connectivity index (χ4n) is 12.1. The number of ketones is 1. The van der Waals surface area contributed by atoms with Gasteiger partial charge in [-0.15, -0.1) is 0 Å². The number of nitrogens with one attached hydrogen (secondary N) is 1. The molecule has 3 fully saturated rings. The van der Waals surface area contributed by atoms with Gasteiger partial charge in [0.2, 0.25) is 5.91 Å². The van der Waals surface area contributed by atoms with Crippen molar-refractivity contribution in [3.05, 3.63) is 114 Å². The first kappa shape index (κ1) is 72.6. The highest BCUT2D eigenvalue weighted by atomic mass is 28.4. The summed E-state index contributed by atoms with van der Waals surface area (Å²) in [7, 11) is -3.75. The number of ether oxygens (including phenoxy) is 6. The number of Topliss-reactive ketones (excluding diaryl/α,β-unsaturated/α-hetero) is 1. The molecule has 6 atom stereocenters. The van der Waals surface area contributed by atoms with E-state index in [2.05, 4.69) is 92.8 Å². The predicted molar refractivity (Wildman–Crippen MR) is 366 cm³/mol. The van der Waals surface area contributed by atoms with Crippen LogP contribution in [0.25, 0.3) is 0 Å². The Hall–Kier alpha value is -7.28. The van der Waals surface area contributed by atoms with Crippen LogP contribution in [0.1, 0.15) is 151 Å². The molecule has 22 heteroatoms. The van der Waals surface area contributed by atoms with Crippen LogP contribution in [0.2, 0.25) is 36.3 Å². The standard InChI is InChI=1S/C72H101N5O15Si2/c1-19-30-88-62(79)38-51(45(3)4)63(80)73-48(7)58(78)36-49-24-26-50(27-25-49)43-90-69(84)77-54-39-59(47(6)35-52(54)65(82)75-44-72(28-29-72)41-57(75)67(77)92-94(17,18)71(11,12)13)86-32-22-21-23-33-87-61-40-55-53(37-60(61)85-14)64(81)74-42-46(5)34-56(74)66(76(55)68(83)89-31-20-2)91-93(15,16)70(8,9)10/h19-20,24-27,35,37,39-40,45,48,51,56-57,66-67H,1-2,5,21-23,28-34,36,38,41-44H2,3-4,6-18H3,(H,73,80)/t48-,51-,56-,57-,66?,67?/m0/s1. The third-order valence-electron chi connectivity index (χ3n) is 20.0. The summed E-state index contributed by atoms with van der Waals surface area (Å²) in [4.78, 5) is 105. The highest BCUT2D eigenvalue weighted by Gasteiger charge is 2.60. The van der Waals surface area contributed by atoms with Gasteiger partial charge in [0.1, 0.15) is 25.6 Å². The van der Waals surface area contributed by atoms with E-state index in [1.54, 1.807) is 59.2 Å². The zero-order chi connectivity index (χ0) is 69.0. The van der Waals surface area contributed by atoms with Crippen molar-refractivity contribution >= 4 is 69.7 Å². The molecule has 512 valence electrons. The molecule has 94 heavy (non-hydrogen) atoms. The third kappa shape index (κ3) is 16.3. The van der Waals surface area contributed by atoms with Crippen molar-refractivity contribution in [2.75, 3.05) is 56.4 Å². The van der Waals surface area contributed by atoms with Gasteiger partial charge in [-0.1, -0.05) is 117 Å². The maximum absolute atomic E-state index is 15.2. The Morgan fingerprint density at radius 2 is 1.23 bits per heavy atom. The van der Waals surface area contributed by atoms with E-state index in [-0.39, 0.29) is 89.5 Å². The fourth-order valence-corrected chi connectivity index (χ4v) is 14.5. The Balaban J connectivity index is 0.979. The van der Waals surface area contributed by atoms with Crippen LogP contribution in [0.5, 0.6) is 17.2 Å². The molecule has 1 aliphatic carbocycles. The molecule has 8 rings (SSSR count). The second-order valence-electron chi connectivity index (χ2n) is 29.5. The lowest BCUT2D eigenvalue weighted by molar-refractivity contribution is -0.146. The van der Waals surface area contributed by atoms with Crippen LogP contribution in [0.15, 0.2) is 86.0 Å². The highest BCUT2D eigenvalue weighted by molar-refractivity contribution is 6.74. The fraction of sp³-hybridized carbons (Fsp3) is 0.569. The Labute approximate surface area is 558 Å². The molecular formula is C72H101N5O15Si2. The molecule has 0 aromatic heterocycles. The van der Waals surface area contributed by atoms with Gasteiger partial charge < -0.3 is 52.4 Å². The second kappa shape index (κ2) is 29.4. The van der Waals surface area contributed by atoms with E-state index in [0.717, 1.165) is 24.0 Å². The van der Waals surface area contributed by atoms with Crippen molar-refractivity contribution in [2.45, 2.75) is 200 Å². The molecule has 3 aromatic carbocycles. The molecule has 2 saturated heterocycles. The van der Waals surface area contributed by atoms with E-state index in [1.807, 2.05) is 31.7 Å². The summed E-state index contributed by atoms with van der Waals surface area (Å²) >= 11 is 0. The summed E-state index contributed by atoms with van der Waals surface area (Å²) in [6.07, 6.45) is 4.70. The number of aryl methyl sites for hydroxylation is 1.